The highest BCUT2D eigenvalue weighted by Gasteiger charge is 2.22. The number of carbonyl (C=O) groups excluding carboxylic acids is 1. The fraction of sp³-hybridized carbons (Fsp3) is 0.588. The van der Waals surface area contributed by atoms with Crippen molar-refractivity contribution >= 4 is 18.4 Å². The highest BCUT2D eigenvalue weighted by Crippen LogP contribution is 2.26. The molecule has 1 aliphatic rings. The molecule has 2 atom stereocenters. The SMILES string of the molecule is CCCC(Oc1ccc2c(c1)CC(N)CC2)C(=O)OCC.Cl. The van der Waals surface area contributed by atoms with E-state index in [4.69, 9.17) is 15.2 Å². The van der Waals surface area contributed by atoms with Gasteiger partial charge in [0.15, 0.2) is 6.10 Å². The van der Waals surface area contributed by atoms with E-state index in [9.17, 15) is 4.79 Å². The lowest BCUT2D eigenvalue weighted by Crippen LogP contribution is -2.30. The summed E-state index contributed by atoms with van der Waals surface area (Å²) in [6, 6.07) is 6.28. The van der Waals surface area contributed by atoms with Gasteiger partial charge < -0.3 is 15.2 Å². The molecule has 0 amide bonds. The van der Waals surface area contributed by atoms with Crippen molar-refractivity contribution in [1.29, 1.82) is 0 Å². The van der Waals surface area contributed by atoms with E-state index in [1.807, 2.05) is 19.1 Å². The van der Waals surface area contributed by atoms with Crippen molar-refractivity contribution in [3.63, 3.8) is 0 Å². The van der Waals surface area contributed by atoms with Gasteiger partial charge in [-0.25, -0.2) is 4.79 Å². The van der Waals surface area contributed by atoms with Crippen molar-refractivity contribution in [2.45, 2.75) is 58.1 Å². The third kappa shape index (κ3) is 4.89. The Morgan fingerprint density at radius 2 is 2.14 bits per heavy atom. The normalized spacial score (nSPS) is 17.9. The van der Waals surface area contributed by atoms with Gasteiger partial charge in [-0.1, -0.05) is 19.4 Å². The molecule has 1 aromatic rings. The van der Waals surface area contributed by atoms with Gasteiger partial charge in [0.2, 0.25) is 0 Å². The zero-order valence-electron chi connectivity index (χ0n) is 13.3. The van der Waals surface area contributed by atoms with Gasteiger partial charge in [-0.2, -0.15) is 0 Å². The zero-order valence-corrected chi connectivity index (χ0v) is 14.2. The number of nitrogens with two attached hydrogens (primary N) is 1. The molecule has 0 fully saturated rings. The van der Waals surface area contributed by atoms with Crippen LogP contribution in [0.3, 0.4) is 0 Å². The number of rotatable bonds is 6. The maximum atomic E-state index is 11.9. The molecule has 0 heterocycles. The Balaban J connectivity index is 0.00000242. The minimum absolute atomic E-state index is 0. The Morgan fingerprint density at radius 3 is 2.82 bits per heavy atom. The second-order valence-corrected chi connectivity index (χ2v) is 5.58. The molecule has 1 aromatic carbocycles. The predicted octanol–water partition coefficient (Wildman–Crippen LogP) is 3.04. The zero-order chi connectivity index (χ0) is 15.2. The van der Waals surface area contributed by atoms with Crippen LogP contribution >= 0.6 is 12.4 Å². The van der Waals surface area contributed by atoms with Crippen LogP contribution in [0.1, 0.15) is 44.2 Å². The smallest absolute Gasteiger partial charge is 0.347 e. The lowest BCUT2D eigenvalue weighted by molar-refractivity contribution is -0.151. The van der Waals surface area contributed by atoms with Gasteiger partial charge in [-0.3, -0.25) is 0 Å². The number of halogens is 1. The molecule has 2 N–H and O–H groups in total. The van der Waals surface area contributed by atoms with Crippen molar-refractivity contribution < 1.29 is 14.3 Å². The third-order valence-corrected chi connectivity index (χ3v) is 3.82. The average Bonchev–Trinajstić information content (AvgIpc) is 2.46. The maximum Gasteiger partial charge on any atom is 0.347 e. The van der Waals surface area contributed by atoms with Crippen LogP contribution < -0.4 is 10.5 Å². The van der Waals surface area contributed by atoms with E-state index in [-0.39, 0.29) is 24.4 Å². The van der Waals surface area contributed by atoms with Crippen molar-refractivity contribution in [1.82, 2.24) is 0 Å². The summed E-state index contributed by atoms with van der Waals surface area (Å²) >= 11 is 0. The minimum atomic E-state index is -0.523. The Kier molecular flexibility index (Phi) is 7.69. The van der Waals surface area contributed by atoms with E-state index in [1.165, 1.54) is 11.1 Å². The number of aryl methyl sites for hydroxylation is 1. The fourth-order valence-electron chi connectivity index (χ4n) is 2.72. The number of esters is 1. The molecule has 2 unspecified atom stereocenters. The van der Waals surface area contributed by atoms with Gasteiger partial charge in [0, 0.05) is 6.04 Å². The van der Waals surface area contributed by atoms with Gasteiger partial charge in [-0.15, -0.1) is 12.4 Å². The summed E-state index contributed by atoms with van der Waals surface area (Å²) in [5, 5.41) is 0. The standard InChI is InChI=1S/C17H25NO3.ClH/c1-3-5-16(17(19)20-4-2)21-15-9-7-12-6-8-14(18)10-13(12)11-15;/h7,9,11,14,16H,3-6,8,10,18H2,1-2H3;1H. The molecule has 0 aliphatic heterocycles. The number of fused-ring (bicyclic) bond motifs is 1. The number of hydrogen-bond acceptors (Lipinski definition) is 4. The van der Waals surface area contributed by atoms with Crippen molar-refractivity contribution in [2.75, 3.05) is 6.61 Å². The van der Waals surface area contributed by atoms with Crippen LogP contribution in [0.5, 0.6) is 5.75 Å². The predicted molar refractivity (Wildman–Crippen MR) is 89.6 cm³/mol. The van der Waals surface area contributed by atoms with E-state index >= 15 is 0 Å². The Morgan fingerprint density at radius 1 is 1.36 bits per heavy atom. The maximum absolute atomic E-state index is 11.9. The summed E-state index contributed by atoms with van der Waals surface area (Å²) in [5.41, 5.74) is 8.60. The molecule has 0 spiro atoms. The second-order valence-electron chi connectivity index (χ2n) is 5.58. The van der Waals surface area contributed by atoms with E-state index < -0.39 is 6.10 Å². The van der Waals surface area contributed by atoms with Gasteiger partial charge in [0.1, 0.15) is 5.75 Å². The molecule has 0 saturated heterocycles. The largest absolute Gasteiger partial charge is 0.479 e. The van der Waals surface area contributed by atoms with Crippen LogP contribution in [-0.4, -0.2) is 24.7 Å². The average molecular weight is 328 g/mol. The van der Waals surface area contributed by atoms with Crippen LogP contribution in [0.15, 0.2) is 18.2 Å². The van der Waals surface area contributed by atoms with Gasteiger partial charge >= 0.3 is 5.97 Å². The first-order chi connectivity index (χ1) is 10.1. The molecule has 0 radical (unpaired) electrons. The molecule has 2 rings (SSSR count). The molecule has 4 nitrogen and oxygen atoms in total. The number of ether oxygens (including phenoxy) is 2. The van der Waals surface area contributed by atoms with E-state index in [2.05, 4.69) is 6.07 Å². The third-order valence-electron chi connectivity index (χ3n) is 3.82. The van der Waals surface area contributed by atoms with Crippen LogP contribution in [0.2, 0.25) is 0 Å². The van der Waals surface area contributed by atoms with Crippen LogP contribution in [0.4, 0.5) is 0 Å². The summed E-state index contributed by atoms with van der Waals surface area (Å²) < 4.78 is 10.9. The highest BCUT2D eigenvalue weighted by molar-refractivity contribution is 5.85. The molecule has 1 aliphatic carbocycles. The molecular weight excluding hydrogens is 302 g/mol. The molecular formula is C17H26ClNO3. The van der Waals surface area contributed by atoms with Crippen LogP contribution in [0.25, 0.3) is 0 Å². The van der Waals surface area contributed by atoms with Gasteiger partial charge in [0.05, 0.1) is 6.61 Å². The first-order valence-electron chi connectivity index (χ1n) is 7.84. The Labute approximate surface area is 138 Å². The highest BCUT2D eigenvalue weighted by atomic mass is 35.5. The number of carbonyl (C=O) groups is 1. The van der Waals surface area contributed by atoms with Gasteiger partial charge in [0.25, 0.3) is 0 Å². The molecule has 5 heteroatoms. The van der Waals surface area contributed by atoms with Crippen LogP contribution in [-0.2, 0) is 22.4 Å². The summed E-state index contributed by atoms with van der Waals surface area (Å²) in [5.74, 6) is 0.447. The summed E-state index contributed by atoms with van der Waals surface area (Å²) in [6.45, 7) is 4.21. The molecule has 0 bridgehead atoms. The molecule has 22 heavy (non-hydrogen) atoms. The first-order valence-corrected chi connectivity index (χ1v) is 7.84. The monoisotopic (exact) mass is 327 g/mol. The summed E-state index contributed by atoms with van der Waals surface area (Å²) in [6.07, 6.45) is 3.95. The number of hydrogen-bond donors (Lipinski definition) is 1. The molecule has 124 valence electrons. The topological polar surface area (TPSA) is 61.5 Å². The minimum Gasteiger partial charge on any atom is -0.479 e. The lowest BCUT2D eigenvalue weighted by atomic mass is 9.89. The van der Waals surface area contributed by atoms with E-state index in [0.717, 1.165) is 31.4 Å². The van der Waals surface area contributed by atoms with E-state index in [0.29, 0.717) is 13.0 Å². The summed E-state index contributed by atoms with van der Waals surface area (Å²) in [7, 11) is 0. The Bertz CT molecular complexity index is 493. The lowest BCUT2D eigenvalue weighted by Gasteiger charge is -2.23. The van der Waals surface area contributed by atoms with Crippen molar-refractivity contribution in [3.05, 3.63) is 29.3 Å². The van der Waals surface area contributed by atoms with E-state index in [1.54, 1.807) is 6.92 Å². The first kappa shape index (κ1) is 18.8. The van der Waals surface area contributed by atoms with Crippen molar-refractivity contribution in [2.24, 2.45) is 5.73 Å². The molecule has 0 saturated carbocycles. The number of benzene rings is 1. The fourth-order valence-corrected chi connectivity index (χ4v) is 2.72. The quantitative estimate of drug-likeness (QED) is 0.816. The van der Waals surface area contributed by atoms with Crippen molar-refractivity contribution in [3.8, 4) is 5.75 Å². The summed E-state index contributed by atoms with van der Waals surface area (Å²) in [4.78, 5) is 11.9. The second kappa shape index (κ2) is 9.01. The van der Waals surface area contributed by atoms with Crippen LogP contribution in [0, 0.1) is 0 Å². The molecule has 0 aromatic heterocycles. The van der Waals surface area contributed by atoms with Gasteiger partial charge in [-0.05, 0) is 55.9 Å². The Hall–Kier alpha value is -1.26.